The van der Waals surface area contributed by atoms with Crippen molar-refractivity contribution in [3.63, 3.8) is 0 Å². The zero-order chi connectivity index (χ0) is 39.6. The molecule has 13 aromatic rings. The second kappa shape index (κ2) is 12.4. The van der Waals surface area contributed by atoms with Crippen LogP contribution in [0.15, 0.2) is 194 Å². The van der Waals surface area contributed by atoms with Crippen molar-refractivity contribution in [3.8, 4) is 33.6 Å². The normalized spacial score (nSPS) is 12.2. The second-order valence-electron chi connectivity index (χ2n) is 16.6. The van der Waals surface area contributed by atoms with Crippen LogP contribution in [-0.4, -0.2) is 9.13 Å². The second-order valence-corrected chi connectivity index (χ2v) is 16.6. The highest BCUT2D eigenvalue weighted by molar-refractivity contribution is 6.41. The maximum atomic E-state index is 2.49. The number of rotatable bonds is 4. The number of hydrogen-bond acceptors (Lipinski definition) is 0. The minimum absolute atomic E-state index is 1.17. The topological polar surface area (TPSA) is 9.86 Å². The van der Waals surface area contributed by atoms with Gasteiger partial charge in [0.25, 0.3) is 0 Å². The quantitative estimate of drug-likeness (QED) is 0.125. The van der Waals surface area contributed by atoms with E-state index in [2.05, 4.69) is 217 Å². The van der Waals surface area contributed by atoms with Crippen molar-refractivity contribution in [2.45, 2.75) is 13.8 Å². The first-order chi connectivity index (χ1) is 29.6. The number of aromatic nitrogens is 2. The minimum Gasteiger partial charge on any atom is -0.309 e. The Bertz CT molecular complexity index is 3590. The van der Waals surface area contributed by atoms with Crippen molar-refractivity contribution >= 4 is 86.7 Å². The van der Waals surface area contributed by atoms with Gasteiger partial charge in [-0.2, -0.15) is 0 Å². The van der Waals surface area contributed by atoms with Crippen LogP contribution in [0.1, 0.15) is 11.1 Å². The molecular formula is C58H38N2. The first kappa shape index (κ1) is 33.3. The highest BCUT2D eigenvalue weighted by Gasteiger charge is 2.24. The van der Waals surface area contributed by atoms with Gasteiger partial charge in [0.1, 0.15) is 0 Å². The van der Waals surface area contributed by atoms with Crippen LogP contribution in [0, 0.1) is 13.8 Å². The SMILES string of the molecule is Cc1ccc(-n2c3ccc(-c4ccccc4)cc3c3c4cccc5c6cc7c(c8cccc(c(cc32)c54)c68)c2cc(-c3ccccc3)ccc2n7-c2ccc(C)cc2)cc1. The van der Waals surface area contributed by atoms with Gasteiger partial charge in [-0.05, 0) is 140 Å². The van der Waals surface area contributed by atoms with Crippen LogP contribution >= 0.6 is 0 Å². The summed E-state index contributed by atoms with van der Waals surface area (Å²) in [6.45, 7) is 4.33. The fourth-order valence-electron chi connectivity index (χ4n) is 10.4. The van der Waals surface area contributed by atoms with E-state index in [-0.39, 0.29) is 0 Å². The molecule has 2 nitrogen and oxygen atoms in total. The molecule has 280 valence electrons. The third-order valence-corrected chi connectivity index (χ3v) is 13.2. The zero-order valence-electron chi connectivity index (χ0n) is 33.4. The lowest BCUT2D eigenvalue weighted by Crippen LogP contribution is -1.95. The highest BCUT2D eigenvalue weighted by atomic mass is 15.0. The average molecular weight is 763 g/mol. The van der Waals surface area contributed by atoms with Gasteiger partial charge >= 0.3 is 0 Å². The third-order valence-electron chi connectivity index (χ3n) is 13.2. The van der Waals surface area contributed by atoms with Crippen molar-refractivity contribution in [2.24, 2.45) is 0 Å². The molecule has 0 radical (unpaired) electrons. The lowest BCUT2D eigenvalue weighted by molar-refractivity contribution is 1.18. The first-order valence-corrected chi connectivity index (χ1v) is 20.9. The Labute approximate surface area is 347 Å². The summed E-state index contributed by atoms with van der Waals surface area (Å²) in [6, 6.07) is 72.6. The maximum absolute atomic E-state index is 2.49. The van der Waals surface area contributed by atoms with Crippen LogP contribution < -0.4 is 0 Å². The molecule has 0 aliphatic rings. The van der Waals surface area contributed by atoms with E-state index in [1.165, 1.54) is 131 Å². The molecule has 13 rings (SSSR count). The van der Waals surface area contributed by atoms with Gasteiger partial charge in [-0.15, -0.1) is 0 Å². The summed E-state index contributed by atoms with van der Waals surface area (Å²) in [5, 5.41) is 15.5. The Morgan fingerprint density at radius 2 is 0.650 bits per heavy atom. The first-order valence-electron chi connectivity index (χ1n) is 20.9. The molecule has 2 heteroatoms. The molecule has 11 aromatic carbocycles. The van der Waals surface area contributed by atoms with E-state index in [0.29, 0.717) is 0 Å². The lowest BCUT2D eigenvalue weighted by Gasteiger charge is -2.17. The van der Waals surface area contributed by atoms with Gasteiger partial charge in [-0.25, -0.2) is 0 Å². The number of fused-ring (bicyclic) bond motifs is 10. The standard InChI is InChI=1S/C58H38N2/c1-35-19-25-41(26-20-35)59-51-29-23-39(37-11-5-3-6-12-37)31-49(51)57-45-17-9-16-44-48-34-54-58(46-18-10-15-43(56(46)48)47(55(44)45)33-53(57)59)50-32-40(38-13-7-4-8-14-38)24-30-52(50)60(54)42-27-21-36(2)22-28-42/h3-34H,1-2H3. The molecule has 0 bridgehead atoms. The summed E-state index contributed by atoms with van der Waals surface area (Å²) >= 11 is 0. The van der Waals surface area contributed by atoms with E-state index in [1.54, 1.807) is 0 Å². The number of hydrogen-bond donors (Lipinski definition) is 0. The molecular weight excluding hydrogens is 725 g/mol. The highest BCUT2D eigenvalue weighted by Crippen LogP contribution is 2.49. The smallest absolute Gasteiger partial charge is 0.0553 e. The van der Waals surface area contributed by atoms with Crippen molar-refractivity contribution in [1.29, 1.82) is 0 Å². The average Bonchev–Trinajstić information content (AvgIpc) is 3.81. The van der Waals surface area contributed by atoms with E-state index >= 15 is 0 Å². The number of nitrogens with zero attached hydrogens (tertiary/aromatic N) is 2. The van der Waals surface area contributed by atoms with E-state index < -0.39 is 0 Å². The van der Waals surface area contributed by atoms with Crippen LogP contribution in [0.3, 0.4) is 0 Å². The molecule has 0 aliphatic heterocycles. The van der Waals surface area contributed by atoms with E-state index in [1.807, 2.05) is 0 Å². The van der Waals surface area contributed by atoms with E-state index in [4.69, 9.17) is 0 Å². The van der Waals surface area contributed by atoms with E-state index in [0.717, 1.165) is 0 Å². The van der Waals surface area contributed by atoms with Gasteiger partial charge in [0.15, 0.2) is 0 Å². The molecule has 0 N–H and O–H groups in total. The van der Waals surface area contributed by atoms with Gasteiger partial charge in [-0.3, -0.25) is 0 Å². The van der Waals surface area contributed by atoms with Crippen LogP contribution in [0.4, 0.5) is 0 Å². The van der Waals surface area contributed by atoms with Crippen molar-refractivity contribution < 1.29 is 0 Å². The fourth-order valence-corrected chi connectivity index (χ4v) is 10.4. The predicted molar refractivity (Wildman–Crippen MR) is 257 cm³/mol. The lowest BCUT2D eigenvalue weighted by atomic mass is 9.87. The van der Waals surface area contributed by atoms with Gasteiger partial charge < -0.3 is 9.13 Å². The maximum Gasteiger partial charge on any atom is 0.0553 e. The van der Waals surface area contributed by atoms with Crippen LogP contribution in [0.2, 0.25) is 0 Å². The molecule has 0 spiro atoms. The Kier molecular flexibility index (Phi) is 6.89. The van der Waals surface area contributed by atoms with Crippen LogP contribution in [0.25, 0.3) is 120 Å². The Hall–Kier alpha value is -7.68. The van der Waals surface area contributed by atoms with Crippen LogP contribution in [0.5, 0.6) is 0 Å². The molecule has 0 saturated heterocycles. The minimum atomic E-state index is 1.17. The van der Waals surface area contributed by atoms with Crippen molar-refractivity contribution in [3.05, 3.63) is 205 Å². The molecule has 60 heavy (non-hydrogen) atoms. The molecule has 2 aromatic heterocycles. The number of aryl methyl sites for hydroxylation is 2. The van der Waals surface area contributed by atoms with Gasteiger partial charge in [-0.1, -0.05) is 145 Å². The summed E-state index contributed by atoms with van der Waals surface area (Å²) in [6.07, 6.45) is 0. The predicted octanol–water partition coefficient (Wildman–Crippen LogP) is 15.9. The Morgan fingerprint density at radius 3 is 1.07 bits per heavy atom. The Balaban J connectivity index is 1.21. The van der Waals surface area contributed by atoms with E-state index in [9.17, 15) is 0 Å². The summed E-state index contributed by atoms with van der Waals surface area (Å²) < 4.78 is 4.97. The van der Waals surface area contributed by atoms with Crippen molar-refractivity contribution in [2.75, 3.05) is 0 Å². The van der Waals surface area contributed by atoms with Gasteiger partial charge in [0.2, 0.25) is 0 Å². The molecule has 0 amide bonds. The summed E-state index contributed by atoms with van der Waals surface area (Å²) in [4.78, 5) is 0. The summed E-state index contributed by atoms with van der Waals surface area (Å²) in [5.74, 6) is 0. The third kappa shape index (κ3) is 4.65. The molecule has 0 fully saturated rings. The molecule has 2 heterocycles. The van der Waals surface area contributed by atoms with Crippen LogP contribution in [-0.2, 0) is 0 Å². The summed E-state index contributed by atoms with van der Waals surface area (Å²) in [5.41, 5.74) is 14.6. The molecule has 0 aliphatic carbocycles. The molecule has 0 unspecified atom stereocenters. The summed E-state index contributed by atoms with van der Waals surface area (Å²) in [7, 11) is 0. The molecule has 0 atom stereocenters. The van der Waals surface area contributed by atoms with Gasteiger partial charge in [0, 0.05) is 32.9 Å². The van der Waals surface area contributed by atoms with Gasteiger partial charge in [0.05, 0.1) is 22.1 Å². The monoisotopic (exact) mass is 762 g/mol. The fraction of sp³-hybridized carbons (Fsp3) is 0.0345. The Morgan fingerprint density at radius 1 is 0.250 bits per heavy atom. The zero-order valence-corrected chi connectivity index (χ0v) is 33.4. The number of benzene rings is 11. The van der Waals surface area contributed by atoms with Crippen molar-refractivity contribution in [1.82, 2.24) is 9.13 Å². The largest absolute Gasteiger partial charge is 0.309 e. The molecule has 0 saturated carbocycles.